The van der Waals surface area contributed by atoms with Crippen LogP contribution in [0.2, 0.25) is 0 Å². The molecule has 1 unspecified atom stereocenters. The molecule has 0 radical (unpaired) electrons. The van der Waals surface area contributed by atoms with Gasteiger partial charge in [-0.25, -0.2) is 4.79 Å². The Morgan fingerprint density at radius 1 is 1.33 bits per heavy atom. The quantitative estimate of drug-likeness (QED) is 0.909. The van der Waals surface area contributed by atoms with E-state index in [1.165, 1.54) is 0 Å². The van der Waals surface area contributed by atoms with E-state index in [1.807, 2.05) is 51.1 Å². The number of nitrogens with zero attached hydrogens (tertiary/aromatic N) is 1. The summed E-state index contributed by atoms with van der Waals surface area (Å²) in [5, 5.41) is 9.68. The molecule has 0 aliphatic carbocycles. The van der Waals surface area contributed by atoms with Crippen LogP contribution in [0.4, 0.5) is 4.79 Å². The molecule has 1 aromatic carbocycles. The molecule has 4 nitrogen and oxygen atoms in total. The molecule has 1 fully saturated rings. The number of ether oxygens (including phenoxy) is 1. The average molecular weight is 291 g/mol. The highest BCUT2D eigenvalue weighted by molar-refractivity contribution is 5.69. The Kier molecular flexibility index (Phi) is 4.88. The predicted octanol–water partition coefficient (Wildman–Crippen LogP) is 3.37. The lowest BCUT2D eigenvalue weighted by atomic mass is 9.85. The molecule has 1 aliphatic heterocycles. The number of likely N-dealkylation sites (tertiary alicyclic amines) is 1. The van der Waals surface area contributed by atoms with Gasteiger partial charge in [-0.2, -0.15) is 0 Å². The van der Waals surface area contributed by atoms with Crippen LogP contribution < -0.4 is 0 Å². The molecular weight excluding hydrogens is 266 g/mol. The second kappa shape index (κ2) is 6.48. The summed E-state index contributed by atoms with van der Waals surface area (Å²) in [7, 11) is 0. The van der Waals surface area contributed by atoms with Gasteiger partial charge in [0.05, 0.1) is 6.04 Å². The van der Waals surface area contributed by atoms with Crippen LogP contribution in [-0.4, -0.2) is 34.9 Å². The molecule has 21 heavy (non-hydrogen) atoms. The summed E-state index contributed by atoms with van der Waals surface area (Å²) in [6.07, 6.45) is 1.53. The fourth-order valence-corrected chi connectivity index (χ4v) is 2.89. The van der Waals surface area contributed by atoms with Crippen LogP contribution in [0.25, 0.3) is 0 Å². The van der Waals surface area contributed by atoms with E-state index in [-0.39, 0.29) is 24.7 Å². The Balaban J connectivity index is 2.26. The van der Waals surface area contributed by atoms with Crippen molar-refractivity contribution in [1.29, 1.82) is 0 Å². The third-order valence-electron chi connectivity index (χ3n) is 3.76. The first kappa shape index (κ1) is 15.8. The lowest BCUT2D eigenvalue weighted by molar-refractivity contribution is -0.00725. The smallest absolute Gasteiger partial charge is 0.410 e. The normalized spacial score (nSPS) is 23.0. The molecule has 4 heteroatoms. The van der Waals surface area contributed by atoms with E-state index in [4.69, 9.17) is 4.74 Å². The van der Waals surface area contributed by atoms with Crippen LogP contribution in [0.15, 0.2) is 30.3 Å². The molecule has 1 aromatic rings. The van der Waals surface area contributed by atoms with E-state index in [1.54, 1.807) is 4.90 Å². The molecule has 2 rings (SSSR count). The van der Waals surface area contributed by atoms with Crippen molar-refractivity contribution in [2.24, 2.45) is 5.92 Å². The summed E-state index contributed by atoms with van der Waals surface area (Å²) < 4.78 is 5.53. The van der Waals surface area contributed by atoms with Gasteiger partial charge in [-0.05, 0) is 39.2 Å². The van der Waals surface area contributed by atoms with E-state index >= 15 is 0 Å². The molecule has 2 atom stereocenters. The highest BCUT2D eigenvalue weighted by Gasteiger charge is 2.37. The number of benzene rings is 1. The molecule has 116 valence electrons. The summed E-state index contributed by atoms with van der Waals surface area (Å²) in [6.45, 7) is 6.37. The van der Waals surface area contributed by atoms with Gasteiger partial charge in [-0.1, -0.05) is 30.3 Å². The van der Waals surface area contributed by atoms with Crippen molar-refractivity contribution in [3.8, 4) is 0 Å². The highest BCUT2D eigenvalue weighted by atomic mass is 16.6. The molecule has 0 bridgehead atoms. The first-order valence-corrected chi connectivity index (χ1v) is 7.58. The topological polar surface area (TPSA) is 49.8 Å². The average Bonchev–Trinajstić information content (AvgIpc) is 2.45. The summed E-state index contributed by atoms with van der Waals surface area (Å²) in [4.78, 5) is 14.2. The molecule has 1 heterocycles. The summed E-state index contributed by atoms with van der Waals surface area (Å²) in [5.41, 5.74) is 0.548. The Bertz CT molecular complexity index is 467. The highest BCUT2D eigenvalue weighted by Crippen LogP contribution is 2.36. The molecule has 0 spiro atoms. The van der Waals surface area contributed by atoms with Crippen molar-refractivity contribution in [3.05, 3.63) is 35.9 Å². The fraction of sp³-hybridized carbons (Fsp3) is 0.588. The molecular formula is C17H25NO3. The van der Waals surface area contributed by atoms with Gasteiger partial charge in [0.15, 0.2) is 0 Å². The molecule has 1 amide bonds. The third-order valence-corrected chi connectivity index (χ3v) is 3.76. The van der Waals surface area contributed by atoms with Crippen molar-refractivity contribution >= 4 is 6.09 Å². The predicted molar refractivity (Wildman–Crippen MR) is 81.9 cm³/mol. The number of carbonyl (C=O) groups is 1. The zero-order valence-corrected chi connectivity index (χ0v) is 13.1. The van der Waals surface area contributed by atoms with Crippen molar-refractivity contribution in [2.45, 2.75) is 45.3 Å². The minimum absolute atomic E-state index is 0.0636. The van der Waals surface area contributed by atoms with Gasteiger partial charge in [0.1, 0.15) is 5.60 Å². The standard InChI is InChI=1S/C17H25NO3/c1-17(2,3)21-16(20)18-11-7-10-14(12-19)15(18)13-8-5-4-6-9-13/h4-6,8-9,14-15,19H,7,10-12H2,1-3H3/t14?,15-/m1/s1. The number of hydrogen-bond donors (Lipinski definition) is 1. The maximum absolute atomic E-state index is 12.5. The van der Waals surface area contributed by atoms with Gasteiger partial charge < -0.3 is 14.7 Å². The summed E-state index contributed by atoms with van der Waals surface area (Å²) in [6, 6.07) is 9.79. The Morgan fingerprint density at radius 3 is 2.57 bits per heavy atom. The summed E-state index contributed by atoms with van der Waals surface area (Å²) in [5.74, 6) is 0.0636. The number of aliphatic hydroxyl groups excluding tert-OH is 1. The monoisotopic (exact) mass is 291 g/mol. The fourth-order valence-electron chi connectivity index (χ4n) is 2.89. The van der Waals surface area contributed by atoms with Gasteiger partial charge in [0.25, 0.3) is 0 Å². The lowest BCUT2D eigenvalue weighted by Crippen LogP contribution is -2.46. The van der Waals surface area contributed by atoms with Gasteiger partial charge in [0, 0.05) is 19.1 Å². The van der Waals surface area contributed by atoms with E-state index in [2.05, 4.69) is 0 Å². The van der Waals surface area contributed by atoms with Gasteiger partial charge in [-0.3, -0.25) is 0 Å². The molecule has 0 saturated carbocycles. The number of hydrogen-bond acceptors (Lipinski definition) is 3. The van der Waals surface area contributed by atoms with Gasteiger partial charge >= 0.3 is 6.09 Å². The van der Waals surface area contributed by atoms with Crippen LogP contribution in [0.5, 0.6) is 0 Å². The molecule has 1 aliphatic rings. The van der Waals surface area contributed by atoms with Crippen molar-refractivity contribution < 1.29 is 14.6 Å². The molecule has 0 aromatic heterocycles. The van der Waals surface area contributed by atoms with Crippen LogP contribution in [0.3, 0.4) is 0 Å². The number of piperidine rings is 1. The second-order valence-electron chi connectivity index (χ2n) is 6.61. The number of amides is 1. The SMILES string of the molecule is CC(C)(C)OC(=O)N1CCCC(CO)[C@H]1c1ccccc1. The van der Waals surface area contributed by atoms with E-state index < -0.39 is 5.60 Å². The maximum atomic E-state index is 12.5. The van der Waals surface area contributed by atoms with Crippen molar-refractivity contribution in [3.63, 3.8) is 0 Å². The minimum Gasteiger partial charge on any atom is -0.444 e. The number of rotatable bonds is 2. The van der Waals surface area contributed by atoms with E-state index in [0.717, 1.165) is 18.4 Å². The number of carbonyl (C=O) groups excluding carboxylic acids is 1. The van der Waals surface area contributed by atoms with Crippen molar-refractivity contribution in [1.82, 2.24) is 4.90 Å². The van der Waals surface area contributed by atoms with E-state index in [0.29, 0.717) is 6.54 Å². The Hall–Kier alpha value is -1.55. The van der Waals surface area contributed by atoms with Crippen LogP contribution in [0.1, 0.15) is 45.2 Å². The first-order chi connectivity index (χ1) is 9.92. The maximum Gasteiger partial charge on any atom is 0.410 e. The largest absolute Gasteiger partial charge is 0.444 e. The van der Waals surface area contributed by atoms with Crippen molar-refractivity contribution in [2.75, 3.05) is 13.2 Å². The van der Waals surface area contributed by atoms with Crippen LogP contribution >= 0.6 is 0 Å². The zero-order chi connectivity index (χ0) is 15.5. The second-order valence-corrected chi connectivity index (χ2v) is 6.61. The van der Waals surface area contributed by atoms with Gasteiger partial charge in [0.2, 0.25) is 0 Å². The van der Waals surface area contributed by atoms with E-state index in [9.17, 15) is 9.90 Å². The number of aliphatic hydroxyl groups is 1. The Labute approximate surface area is 126 Å². The first-order valence-electron chi connectivity index (χ1n) is 7.58. The molecule has 1 saturated heterocycles. The van der Waals surface area contributed by atoms with Gasteiger partial charge in [-0.15, -0.1) is 0 Å². The zero-order valence-electron chi connectivity index (χ0n) is 13.1. The van der Waals surface area contributed by atoms with Crippen LogP contribution in [0, 0.1) is 5.92 Å². The third kappa shape index (κ3) is 3.97. The molecule has 1 N–H and O–H groups in total. The Morgan fingerprint density at radius 2 is 2.00 bits per heavy atom. The minimum atomic E-state index is -0.509. The lowest BCUT2D eigenvalue weighted by Gasteiger charge is -2.41. The summed E-state index contributed by atoms with van der Waals surface area (Å²) >= 11 is 0. The van der Waals surface area contributed by atoms with Crippen LogP contribution in [-0.2, 0) is 4.74 Å².